The van der Waals surface area contributed by atoms with Gasteiger partial charge in [-0.25, -0.2) is 18.5 Å². The monoisotopic (exact) mass is 516 g/mol. The van der Waals surface area contributed by atoms with E-state index in [0.717, 1.165) is 19.2 Å². The minimum absolute atomic E-state index is 0.125. The molecule has 0 unspecified atom stereocenters. The van der Waals surface area contributed by atoms with Crippen LogP contribution in [0.15, 0.2) is 52.1 Å². The molecule has 0 aliphatic carbocycles. The van der Waals surface area contributed by atoms with E-state index in [1.165, 1.54) is 7.11 Å². The molecular formula is C22H17ClF4N2O6. The summed E-state index contributed by atoms with van der Waals surface area (Å²) in [5, 5.41) is -0.207. The number of esters is 1. The first kappa shape index (κ1) is 25.8. The molecule has 0 radical (unpaired) electrons. The molecule has 186 valence electrons. The van der Waals surface area contributed by atoms with E-state index in [9.17, 15) is 31.9 Å². The minimum atomic E-state index is -4.96. The molecule has 0 fully saturated rings. The number of rotatable bonds is 7. The molecule has 0 spiro atoms. The number of nitrogens with zero attached hydrogens (tertiary/aromatic N) is 2. The lowest BCUT2D eigenvalue weighted by molar-refractivity contribution is -0.144. The van der Waals surface area contributed by atoms with Crippen LogP contribution in [0.2, 0.25) is 5.02 Å². The minimum Gasteiger partial charge on any atom is -0.487 e. The van der Waals surface area contributed by atoms with Crippen molar-refractivity contribution in [3.05, 3.63) is 85.4 Å². The number of benzene rings is 2. The molecule has 1 aromatic heterocycles. The average molecular weight is 517 g/mol. The highest BCUT2D eigenvalue weighted by atomic mass is 35.5. The summed E-state index contributed by atoms with van der Waals surface area (Å²) in [7, 11) is 2.02. The third-order valence-corrected chi connectivity index (χ3v) is 5.03. The van der Waals surface area contributed by atoms with Crippen LogP contribution in [0, 0.1) is 5.82 Å². The van der Waals surface area contributed by atoms with Crippen molar-refractivity contribution in [2.45, 2.75) is 12.8 Å². The average Bonchev–Trinajstić information content (AvgIpc) is 2.80. The Bertz CT molecular complexity index is 1380. The van der Waals surface area contributed by atoms with Crippen LogP contribution in [0.5, 0.6) is 11.5 Å². The molecule has 0 N–H and O–H groups in total. The van der Waals surface area contributed by atoms with Crippen molar-refractivity contribution in [2.24, 2.45) is 7.05 Å². The molecule has 0 saturated carbocycles. The van der Waals surface area contributed by atoms with Crippen LogP contribution in [0.1, 0.15) is 11.3 Å². The van der Waals surface area contributed by atoms with E-state index >= 15 is 0 Å². The summed E-state index contributed by atoms with van der Waals surface area (Å²) in [5.41, 5.74) is -4.37. The Kier molecular flexibility index (Phi) is 7.54. The number of hydrogen-bond acceptors (Lipinski definition) is 6. The first-order chi connectivity index (χ1) is 16.4. The molecular weight excluding hydrogens is 500 g/mol. The van der Waals surface area contributed by atoms with Crippen LogP contribution >= 0.6 is 11.6 Å². The van der Waals surface area contributed by atoms with Gasteiger partial charge in [-0.3, -0.25) is 9.36 Å². The largest absolute Gasteiger partial charge is 0.487 e. The van der Waals surface area contributed by atoms with Crippen molar-refractivity contribution in [2.75, 3.05) is 13.7 Å². The zero-order valence-electron chi connectivity index (χ0n) is 18.2. The molecule has 0 aliphatic heterocycles. The Morgan fingerprint density at radius 1 is 1.09 bits per heavy atom. The summed E-state index contributed by atoms with van der Waals surface area (Å²) >= 11 is 6.02. The Hall–Kier alpha value is -3.80. The van der Waals surface area contributed by atoms with Gasteiger partial charge in [0.2, 0.25) is 0 Å². The van der Waals surface area contributed by atoms with E-state index in [1.807, 2.05) is 0 Å². The molecule has 0 amide bonds. The fraction of sp³-hybridized carbons (Fsp3) is 0.227. The maximum absolute atomic E-state index is 14.6. The highest BCUT2D eigenvalue weighted by Gasteiger charge is 2.35. The van der Waals surface area contributed by atoms with Gasteiger partial charge in [-0.15, -0.1) is 0 Å². The second-order valence-electron chi connectivity index (χ2n) is 7.08. The molecule has 0 saturated heterocycles. The van der Waals surface area contributed by atoms with Gasteiger partial charge in [0.15, 0.2) is 6.61 Å². The van der Waals surface area contributed by atoms with Gasteiger partial charge in [0.25, 0.3) is 5.56 Å². The topological polar surface area (TPSA) is 88.8 Å². The fourth-order valence-electron chi connectivity index (χ4n) is 3.01. The number of carbonyl (C=O) groups is 1. The molecule has 3 rings (SSSR count). The number of methoxy groups -OCH3 is 1. The number of halogens is 5. The van der Waals surface area contributed by atoms with Gasteiger partial charge >= 0.3 is 17.8 Å². The Morgan fingerprint density at radius 2 is 1.80 bits per heavy atom. The van der Waals surface area contributed by atoms with E-state index in [4.69, 9.17) is 21.1 Å². The van der Waals surface area contributed by atoms with Crippen LogP contribution in [0.4, 0.5) is 17.6 Å². The third kappa shape index (κ3) is 5.83. The maximum Gasteiger partial charge on any atom is 0.431 e. The number of hydrogen-bond donors (Lipinski definition) is 0. The number of carbonyl (C=O) groups excluding carboxylic acids is 1. The summed E-state index contributed by atoms with van der Waals surface area (Å²) < 4.78 is 69.6. The van der Waals surface area contributed by atoms with Gasteiger partial charge in [-0.1, -0.05) is 23.7 Å². The number of alkyl halides is 3. The van der Waals surface area contributed by atoms with Gasteiger partial charge in [-0.05, 0) is 23.8 Å². The summed E-state index contributed by atoms with van der Waals surface area (Å²) in [6.45, 7) is -0.440. The molecule has 0 aliphatic rings. The molecule has 1 heterocycles. The first-order valence-electron chi connectivity index (χ1n) is 9.73. The lowest BCUT2D eigenvalue weighted by Crippen LogP contribution is -2.41. The molecule has 2 aromatic carbocycles. The number of aromatic nitrogens is 2. The fourth-order valence-corrected chi connectivity index (χ4v) is 3.21. The van der Waals surface area contributed by atoms with Crippen LogP contribution in [-0.2, 0) is 29.4 Å². The maximum atomic E-state index is 14.6. The summed E-state index contributed by atoms with van der Waals surface area (Å²) in [6, 6.07) is 8.31. The Labute approximate surface area is 199 Å². The van der Waals surface area contributed by atoms with Crippen molar-refractivity contribution in [3.63, 3.8) is 0 Å². The Balaban J connectivity index is 1.92. The van der Waals surface area contributed by atoms with Crippen molar-refractivity contribution in [3.8, 4) is 17.2 Å². The zero-order valence-corrected chi connectivity index (χ0v) is 18.9. The van der Waals surface area contributed by atoms with Gasteiger partial charge in [-0.2, -0.15) is 13.2 Å². The van der Waals surface area contributed by atoms with E-state index < -0.39 is 40.6 Å². The zero-order chi connectivity index (χ0) is 25.9. The first-order valence-corrected chi connectivity index (χ1v) is 10.1. The third-order valence-electron chi connectivity index (χ3n) is 4.73. The molecule has 0 atom stereocenters. The van der Waals surface area contributed by atoms with Crippen LogP contribution in [0.25, 0.3) is 5.69 Å². The summed E-state index contributed by atoms with van der Waals surface area (Å²) in [4.78, 5) is 36.0. The standard InChI is InChI=1S/C22H17ClF4N2O6/c1-28-18(22(25,26)27)9-19(30)29(21(28)32)16-8-17(14(23)7-15(16)24)35-10-12-4-3-5-13(6-12)34-11-20(31)33-2/h3-9H,10-11H2,1-2H3. The summed E-state index contributed by atoms with van der Waals surface area (Å²) in [6.07, 6.45) is -4.96. The molecule has 8 nitrogen and oxygen atoms in total. The van der Waals surface area contributed by atoms with Crippen molar-refractivity contribution in [1.82, 2.24) is 9.13 Å². The second kappa shape index (κ2) is 10.2. The van der Waals surface area contributed by atoms with E-state index in [2.05, 4.69) is 4.74 Å². The molecule has 0 bridgehead atoms. The van der Waals surface area contributed by atoms with Crippen LogP contribution in [-0.4, -0.2) is 28.8 Å². The highest BCUT2D eigenvalue weighted by molar-refractivity contribution is 6.32. The predicted octanol–water partition coefficient (Wildman–Crippen LogP) is 3.48. The van der Waals surface area contributed by atoms with Gasteiger partial charge < -0.3 is 14.2 Å². The Morgan fingerprint density at radius 3 is 2.46 bits per heavy atom. The van der Waals surface area contributed by atoms with Crippen LogP contribution in [0.3, 0.4) is 0 Å². The lowest BCUT2D eigenvalue weighted by Gasteiger charge is -2.16. The van der Waals surface area contributed by atoms with Crippen molar-refractivity contribution >= 4 is 17.6 Å². The number of ether oxygens (including phenoxy) is 3. The molecule has 3 aromatic rings. The SMILES string of the molecule is COC(=O)COc1cccc(COc2cc(-n3c(=O)cc(C(F)(F)F)n(C)c3=O)c(F)cc2Cl)c1. The van der Waals surface area contributed by atoms with Gasteiger partial charge in [0, 0.05) is 19.2 Å². The second-order valence-corrected chi connectivity index (χ2v) is 7.48. The quantitative estimate of drug-likeness (QED) is 0.353. The smallest absolute Gasteiger partial charge is 0.431 e. The lowest BCUT2D eigenvalue weighted by atomic mass is 10.2. The normalized spacial score (nSPS) is 11.3. The van der Waals surface area contributed by atoms with Crippen molar-refractivity contribution < 1.29 is 36.6 Å². The predicted molar refractivity (Wildman–Crippen MR) is 116 cm³/mol. The van der Waals surface area contributed by atoms with E-state index in [-0.39, 0.29) is 39.2 Å². The molecule has 35 heavy (non-hydrogen) atoms. The molecule has 13 heteroatoms. The van der Waals surface area contributed by atoms with E-state index in [1.54, 1.807) is 24.3 Å². The highest BCUT2D eigenvalue weighted by Crippen LogP contribution is 2.31. The van der Waals surface area contributed by atoms with Gasteiger partial charge in [0.05, 0.1) is 17.8 Å². The van der Waals surface area contributed by atoms with Gasteiger partial charge in [0.1, 0.15) is 29.6 Å². The summed E-state index contributed by atoms with van der Waals surface area (Å²) in [5.74, 6) is -1.51. The van der Waals surface area contributed by atoms with Crippen molar-refractivity contribution in [1.29, 1.82) is 0 Å². The van der Waals surface area contributed by atoms with E-state index in [0.29, 0.717) is 11.3 Å². The van der Waals surface area contributed by atoms with Crippen LogP contribution < -0.4 is 20.7 Å².